The highest BCUT2D eigenvalue weighted by molar-refractivity contribution is 7.99. The largest absolute Gasteiger partial charge is 0.495 e. The van der Waals surface area contributed by atoms with Gasteiger partial charge in [0.15, 0.2) is 11.0 Å². The molecule has 11 heteroatoms. The minimum Gasteiger partial charge on any atom is -0.495 e. The first-order valence-corrected chi connectivity index (χ1v) is 11.3. The SMILES string of the molecule is COc1cc(OC)c(NC(=O)CSc2nnc(-c3ccncc3)n2-c2ccc(F)cc2)cc1Cl. The monoisotopic (exact) mass is 499 g/mol. The lowest BCUT2D eigenvalue weighted by molar-refractivity contribution is -0.113. The maximum atomic E-state index is 13.5. The first-order chi connectivity index (χ1) is 16.5. The predicted molar refractivity (Wildman–Crippen MR) is 128 cm³/mol. The summed E-state index contributed by atoms with van der Waals surface area (Å²) in [5.41, 5.74) is 1.85. The van der Waals surface area contributed by atoms with E-state index in [1.807, 2.05) is 0 Å². The molecule has 0 spiro atoms. The third-order valence-electron chi connectivity index (χ3n) is 4.74. The lowest BCUT2D eigenvalue weighted by Crippen LogP contribution is -2.15. The van der Waals surface area contributed by atoms with Crippen molar-refractivity contribution in [3.8, 4) is 28.6 Å². The van der Waals surface area contributed by atoms with Gasteiger partial charge in [0.25, 0.3) is 0 Å². The van der Waals surface area contributed by atoms with E-state index in [4.69, 9.17) is 21.1 Å². The Bertz CT molecular complexity index is 1300. The van der Waals surface area contributed by atoms with Gasteiger partial charge in [0.2, 0.25) is 5.91 Å². The van der Waals surface area contributed by atoms with Gasteiger partial charge in [-0.2, -0.15) is 0 Å². The molecule has 0 saturated heterocycles. The Balaban J connectivity index is 1.58. The summed E-state index contributed by atoms with van der Waals surface area (Å²) in [6.45, 7) is 0. The van der Waals surface area contributed by atoms with Crippen LogP contribution < -0.4 is 14.8 Å². The molecular formula is C23H19ClFN5O3S. The number of halogens is 2. The summed E-state index contributed by atoms with van der Waals surface area (Å²) in [6.07, 6.45) is 3.29. The minimum atomic E-state index is -0.358. The van der Waals surface area contributed by atoms with Crippen LogP contribution in [0.1, 0.15) is 0 Å². The Morgan fingerprint density at radius 2 is 1.76 bits per heavy atom. The second kappa shape index (κ2) is 10.5. The molecule has 1 N–H and O–H groups in total. The van der Waals surface area contributed by atoms with E-state index in [-0.39, 0.29) is 17.5 Å². The van der Waals surface area contributed by atoms with Crippen molar-refractivity contribution < 1.29 is 18.7 Å². The predicted octanol–water partition coefficient (Wildman–Crippen LogP) is 4.87. The number of carbonyl (C=O) groups excluding carboxylic acids is 1. The molecule has 4 aromatic rings. The van der Waals surface area contributed by atoms with Gasteiger partial charge in [-0.3, -0.25) is 14.3 Å². The molecule has 0 saturated carbocycles. The van der Waals surface area contributed by atoms with E-state index in [0.717, 1.165) is 5.56 Å². The van der Waals surface area contributed by atoms with Crippen molar-refractivity contribution in [3.05, 3.63) is 71.8 Å². The Morgan fingerprint density at radius 3 is 2.44 bits per heavy atom. The number of ether oxygens (including phenoxy) is 2. The number of thioether (sulfide) groups is 1. The lowest BCUT2D eigenvalue weighted by atomic mass is 10.2. The van der Waals surface area contributed by atoms with Crippen LogP contribution in [0.2, 0.25) is 5.02 Å². The maximum Gasteiger partial charge on any atom is 0.234 e. The lowest BCUT2D eigenvalue weighted by Gasteiger charge is -2.13. The molecule has 0 fully saturated rings. The molecule has 1 amide bonds. The van der Waals surface area contributed by atoms with Gasteiger partial charge in [-0.15, -0.1) is 10.2 Å². The molecule has 2 heterocycles. The van der Waals surface area contributed by atoms with Crippen molar-refractivity contribution in [2.24, 2.45) is 0 Å². The van der Waals surface area contributed by atoms with Crippen LogP contribution in [0.4, 0.5) is 10.1 Å². The standard InChI is InChI=1S/C23H19ClFN5O3S/c1-32-19-12-20(33-2)18(11-17(19)24)27-21(31)13-34-23-29-28-22(14-7-9-26-10-8-14)30(23)16-5-3-15(25)4-6-16/h3-12H,13H2,1-2H3,(H,27,31). The van der Waals surface area contributed by atoms with Gasteiger partial charge in [0.05, 0.1) is 30.7 Å². The van der Waals surface area contributed by atoms with Crippen LogP contribution in [0, 0.1) is 5.82 Å². The van der Waals surface area contributed by atoms with Gasteiger partial charge in [-0.25, -0.2) is 4.39 Å². The normalized spacial score (nSPS) is 10.7. The first kappa shape index (κ1) is 23.5. The zero-order valence-electron chi connectivity index (χ0n) is 18.2. The second-order valence-corrected chi connectivity index (χ2v) is 8.23. The number of rotatable bonds is 8. The van der Waals surface area contributed by atoms with E-state index in [9.17, 15) is 9.18 Å². The third kappa shape index (κ3) is 5.13. The fraction of sp³-hybridized carbons (Fsp3) is 0.130. The fourth-order valence-electron chi connectivity index (χ4n) is 3.15. The maximum absolute atomic E-state index is 13.5. The van der Waals surface area contributed by atoms with E-state index < -0.39 is 0 Å². The van der Waals surface area contributed by atoms with Crippen molar-refractivity contribution in [1.29, 1.82) is 0 Å². The van der Waals surface area contributed by atoms with Crippen molar-refractivity contribution in [2.75, 3.05) is 25.3 Å². The molecule has 0 atom stereocenters. The van der Waals surface area contributed by atoms with Crippen molar-refractivity contribution in [2.45, 2.75) is 5.16 Å². The zero-order chi connectivity index (χ0) is 24.1. The average molecular weight is 500 g/mol. The van der Waals surface area contributed by atoms with E-state index in [1.54, 1.807) is 53.4 Å². The van der Waals surface area contributed by atoms with Crippen LogP contribution in [0.3, 0.4) is 0 Å². The van der Waals surface area contributed by atoms with Crippen LogP contribution in [0.25, 0.3) is 17.1 Å². The molecule has 0 aliphatic heterocycles. The summed E-state index contributed by atoms with van der Waals surface area (Å²) in [5.74, 6) is 0.755. The molecule has 0 radical (unpaired) electrons. The number of hydrogen-bond acceptors (Lipinski definition) is 7. The molecule has 0 aliphatic rings. The number of aromatic nitrogens is 4. The summed E-state index contributed by atoms with van der Waals surface area (Å²) >= 11 is 7.37. The molecule has 34 heavy (non-hydrogen) atoms. The van der Waals surface area contributed by atoms with Crippen LogP contribution in [0.15, 0.2) is 66.1 Å². The highest BCUT2D eigenvalue weighted by Gasteiger charge is 2.18. The quantitative estimate of drug-likeness (QED) is 0.346. The van der Waals surface area contributed by atoms with Crippen LogP contribution >= 0.6 is 23.4 Å². The molecule has 0 unspecified atom stereocenters. The number of nitrogens with one attached hydrogen (secondary N) is 1. The van der Waals surface area contributed by atoms with Crippen molar-refractivity contribution in [3.63, 3.8) is 0 Å². The van der Waals surface area contributed by atoms with Gasteiger partial charge in [-0.1, -0.05) is 23.4 Å². The number of carbonyl (C=O) groups is 1. The number of benzene rings is 2. The Labute approximate surface area is 204 Å². The van der Waals surface area contributed by atoms with E-state index >= 15 is 0 Å². The van der Waals surface area contributed by atoms with Gasteiger partial charge in [-0.05, 0) is 42.5 Å². The zero-order valence-corrected chi connectivity index (χ0v) is 19.7. The van der Waals surface area contributed by atoms with Gasteiger partial charge in [0, 0.05) is 29.7 Å². The number of anilines is 1. The number of methoxy groups -OCH3 is 2. The first-order valence-electron chi connectivity index (χ1n) is 9.96. The number of pyridine rings is 1. The van der Waals surface area contributed by atoms with Crippen molar-refractivity contribution >= 4 is 35.0 Å². The molecule has 2 aromatic carbocycles. The number of amides is 1. The van der Waals surface area contributed by atoms with Crippen molar-refractivity contribution in [1.82, 2.24) is 19.7 Å². The topological polar surface area (TPSA) is 91.2 Å². The van der Waals surface area contributed by atoms with E-state index in [2.05, 4.69) is 20.5 Å². The Kier molecular flexibility index (Phi) is 7.29. The summed E-state index contributed by atoms with van der Waals surface area (Å²) in [6, 6.07) is 12.7. The second-order valence-electron chi connectivity index (χ2n) is 6.88. The van der Waals surface area contributed by atoms with Crippen LogP contribution in [-0.2, 0) is 4.79 Å². The Hall–Kier alpha value is -3.63. The number of hydrogen-bond donors (Lipinski definition) is 1. The summed E-state index contributed by atoms with van der Waals surface area (Å²) in [7, 11) is 2.98. The summed E-state index contributed by atoms with van der Waals surface area (Å²) in [4.78, 5) is 16.7. The molecule has 4 rings (SSSR count). The Morgan fingerprint density at radius 1 is 1.06 bits per heavy atom. The van der Waals surface area contributed by atoms with E-state index in [1.165, 1.54) is 38.1 Å². The molecule has 0 aliphatic carbocycles. The van der Waals surface area contributed by atoms with Crippen LogP contribution in [0.5, 0.6) is 11.5 Å². The van der Waals surface area contributed by atoms with Gasteiger partial charge >= 0.3 is 0 Å². The summed E-state index contributed by atoms with van der Waals surface area (Å²) < 4.78 is 25.8. The molecule has 174 valence electrons. The molecule has 0 bridgehead atoms. The molecule has 8 nitrogen and oxygen atoms in total. The minimum absolute atomic E-state index is 0.0302. The van der Waals surface area contributed by atoms with Gasteiger partial charge in [0.1, 0.15) is 17.3 Å². The van der Waals surface area contributed by atoms with Crippen LogP contribution in [-0.4, -0.2) is 45.6 Å². The molecular weight excluding hydrogens is 481 g/mol. The molecule has 2 aromatic heterocycles. The fourth-order valence-corrected chi connectivity index (χ4v) is 4.14. The smallest absolute Gasteiger partial charge is 0.234 e. The summed E-state index contributed by atoms with van der Waals surface area (Å²) in [5, 5.41) is 12.1. The highest BCUT2D eigenvalue weighted by Crippen LogP contribution is 2.36. The van der Waals surface area contributed by atoms with E-state index in [0.29, 0.717) is 38.9 Å². The highest BCUT2D eigenvalue weighted by atomic mass is 35.5. The number of nitrogens with zero attached hydrogens (tertiary/aromatic N) is 4. The van der Waals surface area contributed by atoms with Gasteiger partial charge < -0.3 is 14.8 Å². The average Bonchev–Trinajstić information content (AvgIpc) is 3.28. The third-order valence-corrected chi connectivity index (χ3v) is 5.96.